The van der Waals surface area contributed by atoms with E-state index in [0.717, 1.165) is 12.1 Å². The van der Waals surface area contributed by atoms with Gasteiger partial charge < -0.3 is 69.7 Å². The summed E-state index contributed by atoms with van der Waals surface area (Å²) in [4.78, 5) is 13.6. The summed E-state index contributed by atoms with van der Waals surface area (Å²) in [6.07, 6.45) is -16.9. The summed E-state index contributed by atoms with van der Waals surface area (Å²) < 4.78 is 22.7. The molecule has 2 saturated heterocycles. The lowest BCUT2D eigenvalue weighted by Crippen LogP contribution is -2.63. The molecule has 228 valence electrons. The molecule has 1 aromatic heterocycles. The van der Waals surface area contributed by atoms with Gasteiger partial charge in [-0.15, -0.1) is 0 Å². The van der Waals surface area contributed by atoms with E-state index in [0.29, 0.717) is 0 Å². The van der Waals surface area contributed by atoms with Gasteiger partial charge in [0.2, 0.25) is 17.5 Å². The Morgan fingerprint density at radius 2 is 1.31 bits per heavy atom. The first-order valence-corrected chi connectivity index (χ1v) is 12.9. The van der Waals surface area contributed by atoms with Crippen LogP contribution in [0.3, 0.4) is 0 Å². The van der Waals surface area contributed by atoms with Crippen LogP contribution in [0.25, 0.3) is 22.3 Å². The van der Waals surface area contributed by atoms with E-state index in [1.807, 2.05) is 0 Å². The monoisotopic (exact) mass is 594 g/mol. The number of phenols is 3. The fraction of sp³-hybridized carbons (Fsp3) is 0.444. The standard InChI is InChI=1S/C27H30O15/c28-8-16-20(34)22(36)18(32)14(39-16)7-15-19(33)23(37)24(38)27(41-15)42-26-21(35)17-12(31)5-11(30)6-13(17)40-25(26)9-1-3-10(29)4-2-9/h1-6,14-16,18-20,22-24,27-34,36-38H,7-8H2/t14-,15-,16+,18-,19-,20+,22+,23+,24+,27-/m0/s1. The Morgan fingerprint density at radius 3 is 1.95 bits per heavy atom. The van der Waals surface area contributed by atoms with E-state index in [-0.39, 0.29) is 22.7 Å². The molecule has 0 spiro atoms. The van der Waals surface area contributed by atoms with Crippen LogP contribution in [0, 0.1) is 0 Å². The molecule has 15 nitrogen and oxygen atoms in total. The number of aliphatic hydroxyl groups is 7. The molecule has 3 heterocycles. The third-order valence-electron chi connectivity index (χ3n) is 7.41. The second-order valence-corrected chi connectivity index (χ2v) is 10.2. The van der Waals surface area contributed by atoms with E-state index in [9.17, 15) is 55.9 Å². The maximum atomic E-state index is 13.6. The third-order valence-corrected chi connectivity index (χ3v) is 7.41. The van der Waals surface area contributed by atoms with Gasteiger partial charge in [0, 0.05) is 24.1 Å². The summed E-state index contributed by atoms with van der Waals surface area (Å²) >= 11 is 0. The van der Waals surface area contributed by atoms with Crippen LogP contribution in [0.15, 0.2) is 45.6 Å². The van der Waals surface area contributed by atoms with Gasteiger partial charge in [0.05, 0.1) is 18.8 Å². The zero-order chi connectivity index (χ0) is 30.5. The van der Waals surface area contributed by atoms with Crippen LogP contribution in [0.4, 0.5) is 0 Å². The number of phenolic OH excluding ortho intramolecular Hbond substituents is 3. The maximum absolute atomic E-state index is 13.6. The van der Waals surface area contributed by atoms with E-state index in [4.69, 9.17) is 18.6 Å². The van der Waals surface area contributed by atoms with Gasteiger partial charge in [-0.05, 0) is 24.3 Å². The number of fused-ring (bicyclic) bond motifs is 1. The molecule has 0 aliphatic carbocycles. The zero-order valence-corrected chi connectivity index (χ0v) is 21.7. The molecule has 2 aliphatic heterocycles. The van der Waals surface area contributed by atoms with Crippen molar-refractivity contribution >= 4 is 11.0 Å². The molecule has 0 bridgehead atoms. The van der Waals surface area contributed by atoms with Crippen LogP contribution in [-0.4, -0.2) is 119 Å². The summed E-state index contributed by atoms with van der Waals surface area (Å²) in [7, 11) is 0. The van der Waals surface area contributed by atoms with E-state index >= 15 is 0 Å². The van der Waals surface area contributed by atoms with Gasteiger partial charge in [-0.3, -0.25) is 4.79 Å². The Balaban J connectivity index is 1.51. The molecular weight excluding hydrogens is 564 g/mol. The molecule has 42 heavy (non-hydrogen) atoms. The molecule has 2 aromatic carbocycles. The smallest absolute Gasteiger partial charge is 0.239 e. The van der Waals surface area contributed by atoms with Crippen molar-refractivity contribution in [1.29, 1.82) is 0 Å². The van der Waals surface area contributed by atoms with Crippen molar-refractivity contribution in [2.45, 2.75) is 67.6 Å². The van der Waals surface area contributed by atoms with Crippen LogP contribution >= 0.6 is 0 Å². The maximum Gasteiger partial charge on any atom is 0.239 e. The topological polar surface area (TPSA) is 260 Å². The highest BCUT2D eigenvalue weighted by molar-refractivity contribution is 5.88. The molecule has 2 fully saturated rings. The summed E-state index contributed by atoms with van der Waals surface area (Å²) in [5.41, 5.74) is -0.999. The van der Waals surface area contributed by atoms with Gasteiger partial charge in [-0.1, -0.05) is 0 Å². The highest BCUT2D eigenvalue weighted by Gasteiger charge is 2.50. The summed E-state index contributed by atoms with van der Waals surface area (Å²) in [5.74, 6) is -2.04. The van der Waals surface area contributed by atoms with Crippen molar-refractivity contribution in [2.24, 2.45) is 0 Å². The minimum atomic E-state index is -1.94. The molecule has 5 rings (SSSR count). The van der Waals surface area contributed by atoms with Gasteiger partial charge in [0.15, 0.2) is 5.76 Å². The highest BCUT2D eigenvalue weighted by atomic mass is 16.7. The first kappa shape index (κ1) is 30.0. The predicted molar refractivity (Wildman–Crippen MR) is 139 cm³/mol. The van der Waals surface area contributed by atoms with Crippen LogP contribution in [0.5, 0.6) is 23.0 Å². The molecule has 0 radical (unpaired) electrons. The first-order chi connectivity index (χ1) is 19.9. The molecule has 0 amide bonds. The first-order valence-electron chi connectivity index (χ1n) is 12.9. The normalized spacial score (nSPS) is 33.5. The van der Waals surface area contributed by atoms with Gasteiger partial charge in [-0.2, -0.15) is 0 Å². The highest BCUT2D eigenvalue weighted by Crippen LogP contribution is 2.38. The molecule has 0 unspecified atom stereocenters. The molecular formula is C27H30O15. The molecule has 10 atom stereocenters. The van der Waals surface area contributed by atoms with Crippen molar-refractivity contribution < 1.29 is 69.7 Å². The zero-order valence-electron chi connectivity index (χ0n) is 21.7. The van der Waals surface area contributed by atoms with Crippen LogP contribution in [0.2, 0.25) is 0 Å². The van der Waals surface area contributed by atoms with E-state index in [2.05, 4.69) is 0 Å². The SMILES string of the molecule is O=c1c(O[C@@H]2O[C@@H](C[C@@H]3O[C@H](CO)[C@@H](O)[C@H](O)[C@H]3O)[C@H](O)[C@@H](O)[C@H]2O)c(-c2ccc(O)cc2)oc2cc(O)cc(O)c12. The fourth-order valence-electron chi connectivity index (χ4n) is 5.11. The summed E-state index contributed by atoms with van der Waals surface area (Å²) in [6, 6.07) is 7.28. The lowest BCUT2D eigenvalue weighted by Gasteiger charge is -2.44. The lowest BCUT2D eigenvalue weighted by molar-refractivity contribution is -0.288. The van der Waals surface area contributed by atoms with Crippen LogP contribution < -0.4 is 10.2 Å². The van der Waals surface area contributed by atoms with Crippen molar-refractivity contribution in [3.8, 4) is 34.3 Å². The molecule has 10 N–H and O–H groups in total. The number of rotatable bonds is 6. The quantitative estimate of drug-likeness (QED) is 0.148. The van der Waals surface area contributed by atoms with Crippen LogP contribution in [-0.2, 0) is 9.47 Å². The number of aliphatic hydroxyl groups excluding tert-OH is 7. The Bertz CT molecular complexity index is 1470. The van der Waals surface area contributed by atoms with E-state index in [1.54, 1.807) is 0 Å². The third kappa shape index (κ3) is 5.37. The van der Waals surface area contributed by atoms with Gasteiger partial charge in [0.25, 0.3) is 0 Å². The van der Waals surface area contributed by atoms with Gasteiger partial charge in [-0.25, -0.2) is 0 Å². The van der Waals surface area contributed by atoms with E-state index < -0.39 is 102 Å². The fourth-order valence-corrected chi connectivity index (χ4v) is 5.11. The molecule has 3 aromatic rings. The number of aromatic hydroxyl groups is 3. The largest absolute Gasteiger partial charge is 0.508 e. The van der Waals surface area contributed by atoms with Crippen molar-refractivity contribution in [3.63, 3.8) is 0 Å². The Kier molecular flexibility index (Phi) is 8.30. The van der Waals surface area contributed by atoms with Gasteiger partial charge in [0.1, 0.15) is 70.9 Å². The minimum absolute atomic E-state index is 0.112. The number of benzene rings is 2. The summed E-state index contributed by atoms with van der Waals surface area (Å²) in [5, 5.41) is 102. The minimum Gasteiger partial charge on any atom is -0.508 e. The van der Waals surface area contributed by atoms with E-state index in [1.165, 1.54) is 24.3 Å². The van der Waals surface area contributed by atoms with Crippen molar-refractivity contribution in [3.05, 3.63) is 46.6 Å². The Labute approximate surface area is 236 Å². The second-order valence-electron chi connectivity index (χ2n) is 10.2. The Morgan fingerprint density at radius 1 is 0.714 bits per heavy atom. The van der Waals surface area contributed by atoms with Gasteiger partial charge >= 0.3 is 0 Å². The number of ether oxygens (including phenoxy) is 3. The van der Waals surface area contributed by atoms with Crippen LogP contribution in [0.1, 0.15) is 6.42 Å². The van der Waals surface area contributed by atoms with Crippen molar-refractivity contribution in [1.82, 2.24) is 0 Å². The number of hydrogen-bond acceptors (Lipinski definition) is 15. The lowest BCUT2D eigenvalue weighted by atomic mass is 9.88. The second kappa shape index (κ2) is 11.6. The Hall–Kier alpha value is -3.51. The van der Waals surface area contributed by atoms with Crippen molar-refractivity contribution in [2.75, 3.05) is 6.61 Å². The molecule has 15 heteroatoms. The summed E-state index contributed by atoms with van der Waals surface area (Å²) in [6.45, 7) is -0.703. The molecule has 2 aliphatic rings. The average molecular weight is 595 g/mol. The average Bonchev–Trinajstić information content (AvgIpc) is 2.95. The predicted octanol–water partition coefficient (Wildman–Crippen LogP) is -2.00. The number of hydrogen-bond donors (Lipinski definition) is 10. The molecule has 0 saturated carbocycles.